The van der Waals surface area contributed by atoms with Gasteiger partial charge in [-0.05, 0) is 31.4 Å². The van der Waals surface area contributed by atoms with E-state index in [0.29, 0.717) is 39.1 Å². The SMILES string of the molecule is Cc1ccc(Br)c(CNCC2(C(=O)O)CCOCC2)c1. The standard InChI is InChI=1S/C15H20BrNO3/c1-11-2-3-13(16)12(8-11)9-17-10-15(14(18)19)4-6-20-7-5-15/h2-3,8,17H,4-7,9-10H2,1H3,(H,18,19). The van der Waals surface area contributed by atoms with Crippen molar-refractivity contribution in [3.8, 4) is 0 Å². The van der Waals surface area contributed by atoms with Gasteiger partial charge in [-0.25, -0.2) is 0 Å². The summed E-state index contributed by atoms with van der Waals surface area (Å²) in [6.45, 7) is 4.25. The van der Waals surface area contributed by atoms with Gasteiger partial charge in [0.25, 0.3) is 0 Å². The zero-order valence-corrected chi connectivity index (χ0v) is 13.2. The van der Waals surface area contributed by atoms with E-state index in [4.69, 9.17) is 4.74 Å². The van der Waals surface area contributed by atoms with E-state index in [-0.39, 0.29) is 0 Å². The number of carboxylic acid groups (broad SMARTS) is 1. The maximum Gasteiger partial charge on any atom is 0.311 e. The van der Waals surface area contributed by atoms with Crippen LogP contribution in [0, 0.1) is 12.3 Å². The number of nitrogens with one attached hydrogen (secondary N) is 1. The van der Waals surface area contributed by atoms with Crippen LogP contribution in [0.1, 0.15) is 24.0 Å². The summed E-state index contributed by atoms with van der Waals surface area (Å²) < 4.78 is 6.32. The molecule has 0 aromatic heterocycles. The fourth-order valence-electron chi connectivity index (χ4n) is 2.50. The van der Waals surface area contributed by atoms with E-state index in [0.717, 1.165) is 10.0 Å². The highest BCUT2D eigenvalue weighted by atomic mass is 79.9. The zero-order valence-electron chi connectivity index (χ0n) is 11.6. The second-order valence-electron chi connectivity index (χ2n) is 5.40. The van der Waals surface area contributed by atoms with E-state index in [9.17, 15) is 9.90 Å². The Labute approximate surface area is 127 Å². The van der Waals surface area contributed by atoms with E-state index >= 15 is 0 Å². The molecule has 1 aliphatic rings. The number of hydrogen-bond acceptors (Lipinski definition) is 3. The molecule has 0 atom stereocenters. The molecule has 2 N–H and O–H groups in total. The lowest BCUT2D eigenvalue weighted by molar-refractivity contribution is -0.154. The lowest BCUT2D eigenvalue weighted by Crippen LogP contribution is -2.44. The molecule has 20 heavy (non-hydrogen) atoms. The molecule has 1 heterocycles. The fraction of sp³-hybridized carbons (Fsp3) is 0.533. The Bertz CT molecular complexity index is 484. The van der Waals surface area contributed by atoms with Crippen LogP contribution in [-0.2, 0) is 16.1 Å². The molecule has 110 valence electrons. The summed E-state index contributed by atoms with van der Waals surface area (Å²) in [5.41, 5.74) is 1.66. The zero-order chi connectivity index (χ0) is 14.6. The Morgan fingerprint density at radius 1 is 1.45 bits per heavy atom. The van der Waals surface area contributed by atoms with Gasteiger partial charge < -0.3 is 15.2 Å². The number of carboxylic acids is 1. The molecule has 0 saturated carbocycles. The first-order valence-electron chi connectivity index (χ1n) is 6.80. The first-order chi connectivity index (χ1) is 9.53. The first-order valence-corrected chi connectivity index (χ1v) is 7.60. The third-order valence-electron chi connectivity index (χ3n) is 3.88. The van der Waals surface area contributed by atoms with Crippen molar-refractivity contribution in [1.29, 1.82) is 0 Å². The summed E-state index contributed by atoms with van der Waals surface area (Å²) in [6.07, 6.45) is 1.15. The van der Waals surface area contributed by atoms with Crippen molar-refractivity contribution in [2.45, 2.75) is 26.3 Å². The van der Waals surface area contributed by atoms with Crippen LogP contribution >= 0.6 is 15.9 Å². The van der Waals surface area contributed by atoms with Crippen molar-refractivity contribution in [2.24, 2.45) is 5.41 Å². The van der Waals surface area contributed by atoms with E-state index < -0.39 is 11.4 Å². The summed E-state index contributed by atoms with van der Waals surface area (Å²) in [5, 5.41) is 12.8. The number of benzene rings is 1. The Balaban J connectivity index is 1.96. The van der Waals surface area contributed by atoms with Gasteiger partial charge >= 0.3 is 5.97 Å². The normalized spacial score (nSPS) is 17.9. The highest BCUT2D eigenvalue weighted by molar-refractivity contribution is 9.10. The Morgan fingerprint density at radius 2 is 2.15 bits per heavy atom. The van der Waals surface area contributed by atoms with Crippen LogP contribution in [-0.4, -0.2) is 30.8 Å². The van der Waals surface area contributed by atoms with Gasteiger partial charge in [-0.1, -0.05) is 33.6 Å². The van der Waals surface area contributed by atoms with E-state index in [2.05, 4.69) is 27.3 Å². The highest BCUT2D eigenvalue weighted by Crippen LogP contribution is 2.30. The number of hydrogen-bond donors (Lipinski definition) is 2. The minimum Gasteiger partial charge on any atom is -0.481 e. The molecular weight excluding hydrogens is 322 g/mol. The number of ether oxygens (including phenoxy) is 1. The first kappa shape index (κ1) is 15.5. The molecule has 0 aliphatic carbocycles. The predicted octanol–water partition coefficient (Wildman–Crippen LogP) is 2.73. The van der Waals surface area contributed by atoms with Gasteiger partial charge in [0, 0.05) is 30.8 Å². The van der Waals surface area contributed by atoms with Gasteiger partial charge in [-0.15, -0.1) is 0 Å². The molecule has 0 bridgehead atoms. The van der Waals surface area contributed by atoms with E-state index in [1.165, 1.54) is 5.56 Å². The highest BCUT2D eigenvalue weighted by Gasteiger charge is 2.39. The summed E-state index contributed by atoms with van der Waals surface area (Å²) in [4.78, 5) is 11.5. The van der Waals surface area contributed by atoms with Crippen LogP contribution in [0.25, 0.3) is 0 Å². The van der Waals surface area contributed by atoms with E-state index in [1.807, 2.05) is 19.1 Å². The van der Waals surface area contributed by atoms with Crippen molar-refractivity contribution in [3.63, 3.8) is 0 Å². The number of rotatable bonds is 5. The minimum absolute atomic E-state index is 0.478. The Hall–Kier alpha value is -0.910. The summed E-state index contributed by atoms with van der Waals surface area (Å²) in [5.74, 6) is -0.725. The summed E-state index contributed by atoms with van der Waals surface area (Å²) in [6, 6.07) is 6.17. The van der Waals surface area contributed by atoms with Gasteiger partial charge in [0.2, 0.25) is 0 Å². The van der Waals surface area contributed by atoms with Crippen LogP contribution in [0.2, 0.25) is 0 Å². The van der Waals surface area contributed by atoms with Crippen LogP contribution in [0.4, 0.5) is 0 Å². The monoisotopic (exact) mass is 341 g/mol. The van der Waals surface area contributed by atoms with Crippen molar-refractivity contribution >= 4 is 21.9 Å². The second kappa shape index (κ2) is 6.70. The molecule has 4 nitrogen and oxygen atoms in total. The second-order valence-corrected chi connectivity index (χ2v) is 6.25. The van der Waals surface area contributed by atoms with Crippen LogP contribution < -0.4 is 5.32 Å². The average Bonchev–Trinajstić information content (AvgIpc) is 2.43. The fourth-order valence-corrected chi connectivity index (χ4v) is 2.89. The maximum atomic E-state index is 11.5. The van der Waals surface area contributed by atoms with Gasteiger partial charge in [-0.2, -0.15) is 0 Å². The van der Waals surface area contributed by atoms with Crippen LogP contribution in [0.5, 0.6) is 0 Å². The molecule has 0 amide bonds. The number of halogens is 1. The quantitative estimate of drug-likeness (QED) is 0.864. The van der Waals surface area contributed by atoms with Gasteiger partial charge in [0.05, 0.1) is 5.41 Å². The van der Waals surface area contributed by atoms with Gasteiger partial charge in [-0.3, -0.25) is 4.79 Å². The number of carbonyl (C=O) groups is 1. The van der Waals surface area contributed by atoms with Crippen molar-refractivity contribution < 1.29 is 14.6 Å². The van der Waals surface area contributed by atoms with Gasteiger partial charge in [0.15, 0.2) is 0 Å². The molecule has 0 spiro atoms. The molecule has 1 aromatic carbocycles. The Morgan fingerprint density at radius 3 is 2.80 bits per heavy atom. The van der Waals surface area contributed by atoms with Crippen molar-refractivity contribution in [1.82, 2.24) is 5.32 Å². The molecule has 0 radical (unpaired) electrons. The topological polar surface area (TPSA) is 58.6 Å². The summed E-state index contributed by atoms with van der Waals surface area (Å²) >= 11 is 3.52. The maximum absolute atomic E-state index is 11.5. The smallest absolute Gasteiger partial charge is 0.311 e. The lowest BCUT2D eigenvalue weighted by atomic mass is 9.80. The minimum atomic E-state index is -0.725. The predicted molar refractivity (Wildman–Crippen MR) is 80.7 cm³/mol. The molecule has 1 aromatic rings. The number of aryl methyl sites for hydroxylation is 1. The van der Waals surface area contributed by atoms with Crippen LogP contribution in [0.3, 0.4) is 0 Å². The van der Waals surface area contributed by atoms with Gasteiger partial charge in [0.1, 0.15) is 0 Å². The summed E-state index contributed by atoms with van der Waals surface area (Å²) in [7, 11) is 0. The molecular formula is C15H20BrNO3. The Kier molecular flexibility index (Phi) is 5.18. The molecule has 1 aliphatic heterocycles. The molecule has 0 unspecified atom stereocenters. The molecule has 2 rings (SSSR count). The van der Waals surface area contributed by atoms with Crippen LogP contribution in [0.15, 0.2) is 22.7 Å². The number of aliphatic carboxylic acids is 1. The van der Waals surface area contributed by atoms with E-state index in [1.54, 1.807) is 0 Å². The molecule has 1 fully saturated rings. The molecule has 5 heteroatoms. The molecule has 1 saturated heterocycles. The third kappa shape index (κ3) is 3.59. The third-order valence-corrected chi connectivity index (χ3v) is 4.66. The lowest BCUT2D eigenvalue weighted by Gasteiger charge is -2.33. The largest absolute Gasteiger partial charge is 0.481 e. The average molecular weight is 342 g/mol. The van der Waals surface area contributed by atoms with Crippen molar-refractivity contribution in [3.05, 3.63) is 33.8 Å². The van der Waals surface area contributed by atoms with Crippen molar-refractivity contribution in [2.75, 3.05) is 19.8 Å².